The molecular weight excluding hydrogens is 178 g/mol. The summed E-state index contributed by atoms with van der Waals surface area (Å²) in [4.78, 5) is 19.2. The highest BCUT2D eigenvalue weighted by molar-refractivity contribution is 5.72. The Morgan fingerprint density at radius 3 is 1.62 bits per heavy atom. The molecule has 0 radical (unpaired) electrons. The summed E-state index contributed by atoms with van der Waals surface area (Å²) in [6.07, 6.45) is -0.891. The Kier molecular flexibility index (Phi) is 8.31. The van der Waals surface area contributed by atoms with Gasteiger partial charge in [0.2, 0.25) is 0 Å². The van der Waals surface area contributed by atoms with Gasteiger partial charge < -0.3 is 21.1 Å². The molecule has 0 saturated carbocycles. The van der Waals surface area contributed by atoms with Crippen molar-refractivity contribution >= 4 is 11.9 Å². The number of carbonyl (C=O) groups is 2. The maximum Gasteiger partial charge on any atom is 0.320 e. The van der Waals surface area contributed by atoms with Crippen molar-refractivity contribution in [2.45, 2.75) is 32.4 Å². The van der Waals surface area contributed by atoms with Gasteiger partial charge in [0.25, 0.3) is 0 Å². The van der Waals surface area contributed by atoms with E-state index in [-0.39, 0.29) is 6.42 Å². The van der Waals surface area contributed by atoms with Crippen LogP contribution >= 0.6 is 0 Å². The van der Waals surface area contributed by atoms with Gasteiger partial charge in [0, 0.05) is 0 Å². The van der Waals surface area contributed by atoms with E-state index in [4.69, 9.17) is 21.1 Å². The van der Waals surface area contributed by atoms with Crippen LogP contribution in [-0.4, -0.2) is 39.4 Å². The van der Waals surface area contributed by atoms with Gasteiger partial charge in [-0.25, -0.2) is 0 Å². The van der Waals surface area contributed by atoms with E-state index in [1.54, 1.807) is 0 Å². The van der Waals surface area contributed by atoms with Crippen molar-refractivity contribution in [1.29, 1.82) is 0 Å². The van der Waals surface area contributed by atoms with Gasteiger partial charge in [-0.3, -0.25) is 9.59 Å². The molecule has 0 saturated heterocycles. The molecule has 6 nitrogen and oxygen atoms in total. The van der Waals surface area contributed by atoms with E-state index in [1.165, 1.54) is 13.8 Å². The van der Waals surface area contributed by atoms with Gasteiger partial charge in [-0.2, -0.15) is 0 Å². The molecule has 0 aliphatic carbocycles. The minimum absolute atomic E-state index is 0.167. The Morgan fingerprint density at radius 1 is 1.31 bits per heavy atom. The fourth-order valence-corrected chi connectivity index (χ4v) is 0.253. The zero-order valence-corrected chi connectivity index (χ0v) is 7.60. The van der Waals surface area contributed by atoms with E-state index in [1.807, 2.05) is 0 Å². The van der Waals surface area contributed by atoms with Gasteiger partial charge in [-0.15, -0.1) is 0 Å². The van der Waals surface area contributed by atoms with E-state index < -0.39 is 24.1 Å². The highest BCUT2D eigenvalue weighted by atomic mass is 16.4. The van der Waals surface area contributed by atoms with Gasteiger partial charge >= 0.3 is 11.9 Å². The van der Waals surface area contributed by atoms with Gasteiger partial charge in [0.05, 0.1) is 12.5 Å². The summed E-state index contributed by atoms with van der Waals surface area (Å²) >= 11 is 0. The van der Waals surface area contributed by atoms with Crippen LogP contribution in [0.4, 0.5) is 0 Å². The third-order valence-electron chi connectivity index (χ3n) is 0.860. The van der Waals surface area contributed by atoms with Crippen LogP contribution in [0.5, 0.6) is 0 Å². The normalized spacial score (nSPS) is 13.5. The average molecular weight is 193 g/mol. The number of aliphatic hydroxyl groups excluding tert-OH is 1. The quantitative estimate of drug-likeness (QED) is 0.468. The van der Waals surface area contributed by atoms with Gasteiger partial charge in [-0.05, 0) is 13.8 Å². The molecule has 6 heteroatoms. The summed E-state index contributed by atoms with van der Waals surface area (Å²) in [5.41, 5.74) is 4.84. The number of aliphatic carboxylic acids is 2. The van der Waals surface area contributed by atoms with Crippen molar-refractivity contribution in [2.75, 3.05) is 0 Å². The number of carboxylic acids is 2. The summed E-state index contributed by atoms with van der Waals surface area (Å²) in [7, 11) is 0. The number of hydrogen-bond acceptors (Lipinski definition) is 4. The lowest BCUT2D eigenvalue weighted by molar-refractivity contribution is -0.139. The van der Waals surface area contributed by atoms with Crippen LogP contribution in [0.2, 0.25) is 0 Å². The smallest absolute Gasteiger partial charge is 0.320 e. The van der Waals surface area contributed by atoms with Crippen LogP contribution in [-0.2, 0) is 9.59 Å². The molecule has 0 aliphatic rings. The lowest BCUT2D eigenvalue weighted by Gasteiger charge is -1.94. The largest absolute Gasteiger partial charge is 0.481 e. The minimum Gasteiger partial charge on any atom is -0.481 e. The molecule has 0 aromatic carbocycles. The van der Waals surface area contributed by atoms with Crippen LogP contribution < -0.4 is 5.73 Å². The SMILES string of the molecule is CC(N)C(=O)O.CC(O)CC(=O)O. The lowest BCUT2D eigenvalue weighted by Crippen LogP contribution is -2.25. The Labute approximate surface area is 76.0 Å². The summed E-state index contributed by atoms with van der Waals surface area (Å²) < 4.78 is 0. The third-order valence-corrected chi connectivity index (χ3v) is 0.860. The van der Waals surface area contributed by atoms with Crippen molar-refractivity contribution in [3.05, 3.63) is 0 Å². The predicted molar refractivity (Wildman–Crippen MR) is 45.2 cm³/mol. The molecule has 5 N–H and O–H groups in total. The Balaban J connectivity index is 0. The van der Waals surface area contributed by atoms with Gasteiger partial charge in [0.15, 0.2) is 0 Å². The number of hydrogen-bond donors (Lipinski definition) is 4. The van der Waals surface area contributed by atoms with Crippen molar-refractivity contribution in [2.24, 2.45) is 5.73 Å². The molecule has 0 amide bonds. The lowest BCUT2D eigenvalue weighted by atomic mass is 10.3. The summed E-state index contributed by atoms with van der Waals surface area (Å²) in [5.74, 6) is -1.93. The second kappa shape index (κ2) is 7.51. The van der Waals surface area contributed by atoms with Crippen molar-refractivity contribution in [1.82, 2.24) is 0 Å². The summed E-state index contributed by atoms with van der Waals surface area (Å²) in [6.45, 7) is 2.86. The molecule has 2 atom stereocenters. The molecule has 78 valence electrons. The van der Waals surface area contributed by atoms with E-state index in [0.717, 1.165) is 0 Å². The van der Waals surface area contributed by atoms with Gasteiger partial charge in [0.1, 0.15) is 6.04 Å². The molecule has 0 bridgehead atoms. The zero-order chi connectivity index (χ0) is 11.0. The molecule has 0 spiro atoms. The minimum atomic E-state index is -0.963. The molecule has 0 aromatic rings. The third kappa shape index (κ3) is 18.1. The molecule has 0 fully saturated rings. The van der Waals surface area contributed by atoms with Crippen LogP contribution in [0.1, 0.15) is 20.3 Å². The van der Waals surface area contributed by atoms with E-state index in [2.05, 4.69) is 0 Å². The Bertz CT molecular complexity index is 166. The second-order valence-corrected chi connectivity index (χ2v) is 2.57. The summed E-state index contributed by atoms with van der Waals surface area (Å²) in [6, 6.07) is -0.731. The molecule has 13 heavy (non-hydrogen) atoms. The molecular formula is C7H15NO5. The fourth-order valence-electron chi connectivity index (χ4n) is 0.253. The highest BCUT2D eigenvalue weighted by Gasteiger charge is 2.00. The number of carboxylic acid groups (broad SMARTS) is 2. The predicted octanol–water partition coefficient (Wildman–Crippen LogP) is -0.740. The van der Waals surface area contributed by atoms with Gasteiger partial charge in [-0.1, -0.05) is 0 Å². The zero-order valence-electron chi connectivity index (χ0n) is 7.60. The first-order chi connectivity index (χ1) is 5.77. The van der Waals surface area contributed by atoms with Crippen molar-refractivity contribution in [3.8, 4) is 0 Å². The number of rotatable bonds is 3. The molecule has 0 rings (SSSR count). The first-order valence-corrected chi connectivity index (χ1v) is 3.65. The molecule has 0 heterocycles. The van der Waals surface area contributed by atoms with E-state index in [0.29, 0.717) is 0 Å². The molecule has 0 aliphatic heterocycles. The number of nitrogens with two attached hydrogens (primary N) is 1. The molecule has 2 unspecified atom stereocenters. The summed E-state index contributed by atoms with van der Waals surface area (Å²) in [5, 5.41) is 24.1. The van der Waals surface area contributed by atoms with E-state index in [9.17, 15) is 9.59 Å². The topological polar surface area (TPSA) is 121 Å². The van der Waals surface area contributed by atoms with Crippen LogP contribution in [0.3, 0.4) is 0 Å². The van der Waals surface area contributed by atoms with E-state index >= 15 is 0 Å². The first kappa shape index (κ1) is 14.4. The first-order valence-electron chi connectivity index (χ1n) is 3.65. The Hall–Kier alpha value is -1.14. The maximum absolute atomic E-state index is 9.65. The van der Waals surface area contributed by atoms with Crippen LogP contribution in [0, 0.1) is 0 Å². The average Bonchev–Trinajstić information content (AvgIpc) is 1.84. The Morgan fingerprint density at radius 2 is 1.62 bits per heavy atom. The van der Waals surface area contributed by atoms with Crippen molar-refractivity contribution in [3.63, 3.8) is 0 Å². The molecule has 0 aromatic heterocycles. The fraction of sp³-hybridized carbons (Fsp3) is 0.714. The van der Waals surface area contributed by atoms with Crippen molar-refractivity contribution < 1.29 is 24.9 Å². The number of aliphatic hydroxyl groups is 1. The monoisotopic (exact) mass is 193 g/mol. The maximum atomic E-state index is 9.65. The van der Waals surface area contributed by atoms with Crippen LogP contribution in [0.25, 0.3) is 0 Å². The van der Waals surface area contributed by atoms with Crippen LogP contribution in [0.15, 0.2) is 0 Å². The standard InChI is InChI=1S/C4H8O3.C3H7NO2/c1-3(5)2-4(6)7;1-2(4)3(5)6/h3,5H,2H2,1H3,(H,6,7);2H,4H2,1H3,(H,5,6). The highest BCUT2D eigenvalue weighted by Crippen LogP contribution is 1.85. The second-order valence-electron chi connectivity index (χ2n) is 2.57.